The molecule has 30 heavy (non-hydrogen) atoms. The summed E-state index contributed by atoms with van der Waals surface area (Å²) < 4.78 is 25.1. The highest BCUT2D eigenvalue weighted by molar-refractivity contribution is 5.62. The van der Waals surface area contributed by atoms with Crippen molar-refractivity contribution in [1.29, 1.82) is 0 Å². The van der Waals surface area contributed by atoms with E-state index in [-0.39, 0.29) is 23.6 Å². The van der Waals surface area contributed by atoms with E-state index in [1.54, 1.807) is 25.1 Å². The quantitative estimate of drug-likeness (QED) is 0.609. The fourth-order valence-corrected chi connectivity index (χ4v) is 2.86. The summed E-state index contributed by atoms with van der Waals surface area (Å²) in [5.41, 5.74) is 2.67. The maximum Gasteiger partial charge on any atom is 0.364 e. The third-order valence-corrected chi connectivity index (χ3v) is 4.35. The maximum atomic E-state index is 14.4. The minimum Gasteiger partial charge on any atom is -0.488 e. The maximum absolute atomic E-state index is 14.4. The van der Waals surface area contributed by atoms with Crippen molar-refractivity contribution in [3.8, 4) is 5.75 Å². The number of aryl methyl sites for hydroxylation is 1. The van der Waals surface area contributed by atoms with Crippen LogP contribution in [-0.2, 0) is 6.42 Å². The summed E-state index contributed by atoms with van der Waals surface area (Å²) in [5, 5.41) is 2.98. The molecule has 2 aromatic carbocycles. The number of hydrogen-bond acceptors (Lipinski definition) is 6. The summed E-state index contributed by atoms with van der Waals surface area (Å²) in [4.78, 5) is 18.8. The van der Waals surface area contributed by atoms with Crippen molar-refractivity contribution >= 4 is 17.4 Å². The van der Waals surface area contributed by atoms with Gasteiger partial charge in [-0.25, -0.2) is 9.18 Å². The molecule has 7 heteroatoms. The molecule has 0 spiro atoms. The highest BCUT2D eigenvalue weighted by atomic mass is 19.1. The van der Waals surface area contributed by atoms with Crippen LogP contribution in [0.5, 0.6) is 5.75 Å². The fourth-order valence-electron chi connectivity index (χ4n) is 2.86. The first kappa shape index (κ1) is 21.4. The zero-order valence-corrected chi connectivity index (χ0v) is 17.8. The monoisotopic (exact) mass is 411 g/mol. The molecule has 0 aliphatic heterocycles. The topological polar surface area (TPSA) is 67.6 Å². The van der Waals surface area contributed by atoms with Crippen molar-refractivity contribution in [3.05, 3.63) is 75.5 Å². The molecule has 0 fully saturated rings. The van der Waals surface area contributed by atoms with Crippen LogP contribution in [0, 0.1) is 12.7 Å². The van der Waals surface area contributed by atoms with Crippen LogP contribution in [0.3, 0.4) is 0 Å². The van der Waals surface area contributed by atoms with Gasteiger partial charge in [0, 0.05) is 32.3 Å². The number of halogens is 1. The molecule has 1 heterocycles. The van der Waals surface area contributed by atoms with E-state index in [1.807, 2.05) is 45.0 Å². The smallest absolute Gasteiger partial charge is 0.364 e. The molecule has 0 saturated heterocycles. The average Bonchev–Trinajstić information content (AvgIpc) is 2.67. The van der Waals surface area contributed by atoms with E-state index in [0.29, 0.717) is 17.8 Å². The Hall–Kier alpha value is -3.35. The molecule has 0 amide bonds. The van der Waals surface area contributed by atoms with E-state index in [9.17, 15) is 9.18 Å². The van der Waals surface area contributed by atoms with Crippen molar-refractivity contribution in [3.63, 3.8) is 0 Å². The lowest BCUT2D eigenvalue weighted by molar-refractivity contribution is 0.231. The zero-order valence-electron chi connectivity index (χ0n) is 17.8. The Labute approximate surface area is 175 Å². The van der Waals surface area contributed by atoms with Crippen LogP contribution in [-0.4, -0.2) is 25.2 Å². The van der Waals surface area contributed by atoms with Gasteiger partial charge in [-0.15, -0.1) is 0 Å². The van der Waals surface area contributed by atoms with Gasteiger partial charge in [0.1, 0.15) is 5.69 Å². The van der Waals surface area contributed by atoms with Crippen LogP contribution in [0.25, 0.3) is 0 Å². The Morgan fingerprint density at radius 3 is 2.47 bits per heavy atom. The van der Waals surface area contributed by atoms with Crippen LogP contribution in [0.2, 0.25) is 0 Å². The molecule has 0 aliphatic rings. The van der Waals surface area contributed by atoms with Crippen molar-refractivity contribution in [1.82, 2.24) is 4.98 Å². The Morgan fingerprint density at radius 1 is 1.17 bits per heavy atom. The number of benzene rings is 2. The van der Waals surface area contributed by atoms with Crippen LogP contribution >= 0.6 is 0 Å². The van der Waals surface area contributed by atoms with Gasteiger partial charge >= 0.3 is 5.63 Å². The van der Waals surface area contributed by atoms with Gasteiger partial charge < -0.3 is 19.4 Å². The van der Waals surface area contributed by atoms with Gasteiger partial charge in [-0.3, -0.25) is 0 Å². The van der Waals surface area contributed by atoms with Gasteiger partial charge in [0.25, 0.3) is 6.01 Å². The number of nitrogens with zero attached hydrogens (tertiary/aromatic N) is 2. The Bertz CT molecular complexity index is 1080. The highest BCUT2D eigenvalue weighted by Crippen LogP contribution is 2.26. The lowest BCUT2D eigenvalue weighted by atomic mass is 10.1. The van der Waals surface area contributed by atoms with Gasteiger partial charge in [0.05, 0.1) is 11.8 Å². The molecule has 158 valence electrons. The normalized spacial score (nSPS) is 10.9. The summed E-state index contributed by atoms with van der Waals surface area (Å²) in [5.74, 6) is -0.361. The second kappa shape index (κ2) is 8.98. The number of ether oxygens (including phenoxy) is 1. The van der Waals surface area contributed by atoms with Crippen molar-refractivity contribution < 1.29 is 13.5 Å². The number of nitrogens with one attached hydrogen (secondary N) is 1. The van der Waals surface area contributed by atoms with E-state index < -0.39 is 11.4 Å². The van der Waals surface area contributed by atoms with Crippen molar-refractivity contribution in [2.75, 3.05) is 24.3 Å². The molecule has 0 unspecified atom stereocenters. The summed E-state index contributed by atoms with van der Waals surface area (Å²) in [6.45, 7) is 5.66. The lowest BCUT2D eigenvalue weighted by Crippen LogP contribution is -2.19. The lowest BCUT2D eigenvalue weighted by Gasteiger charge is -2.15. The summed E-state index contributed by atoms with van der Waals surface area (Å²) in [6.07, 6.45) is 0.278. The molecule has 0 atom stereocenters. The largest absolute Gasteiger partial charge is 0.488 e. The first-order valence-electron chi connectivity index (χ1n) is 9.73. The molecular weight excluding hydrogens is 385 g/mol. The summed E-state index contributed by atoms with van der Waals surface area (Å²) in [6, 6.07) is 12.7. The van der Waals surface area contributed by atoms with Crippen LogP contribution in [0.1, 0.15) is 30.7 Å². The van der Waals surface area contributed by atoms with Gasteiger partial charge in [0.2, 0.25) is 0 Å². The Kier molecular flexibility index (Phi) is 6.40. The van der Waals surface area contributed by atoms with E-state index in [1.165, 1.54) is 12.1 Å². The van der Waals surface area contributed by atoms with E-state index in [0.717, 1.165) is 11.1 Å². The standard InChI is InChI=1S/C23H26FN3O3/c1-14(2)29-20-11-10-17(13-18(20)24)25-21-19(12-16-8-6-15(3)7-9-16)26-23(27(4)5)30-22(21)28/h6-11,13-14,25H,12H2,1-5H3. The second-order valence-electron chi connectivity index (χ2n) is 7.60. The van der Waals surface area contributed by atoms with E-state index in [4.69, 9.17) is 9.15 Å². The van der Waals surface area contributed by atoms with Crippen LogP contribution in [0.15, 0.2) is 51.7 Å². The number of anilines is 3. The molecule has 1 aromatic heterocycles. The average molecular weight is 411 g/mol. The molecule has 0 aliphatic carbocycles. The van der Waals surface area contributed by atoms with Crippen LogP contribution in [0.4, 0.5) is 21.8 Å². The third kappa shape index (κ3) is 5.17. The molecular formula is C23H26FN3O3. The first-order chi connectivity index (χ1) is 14.2. The minimum atomic E-state index is -0.571. The molecule has 0 radical (unpaired) electrons. The minimum absolute atomic E-state index is 0.144. The third-order valence-electron chi connectivity index (χ3n) is 4.35. The number of aromatic nitrogens is 1. The Morgan fingerprint density at radius 2 is 1.87 bits per heavy atom. The summed E-state index contributed by atoms with van der Waals surface area (Å²) >= 11 is 0. The van der Waals surface area contributed by atoms with Crippen molar-refractivity contribution in [2.45, 2.75) is 33.3 Å². The molecule has 3 rings (SSSR count). The molecule has 1 N–H and O–H groups in total. The zero-order chi connectivity index (χ0) is 21.8. The Balaban J connectivity index is 1.97. The molecule has 0 saturated carbocycles. The fraction of sp³-hybridized carbons (Fsp3) is 0.304. The van der Waals surface area contributed by atoms with Crippen LogP contribution < -0.4 is 20.6 Å². The predicted octanol–water partition coefficient (Wildman–Crippen LogP) is 4.67. The molecule has 3 aromatic rings. The van der Waals surface area contributed by atoms with Gasteiger partial charge in [-0.2, -0.15) is 4.98 Å². The van der Waals surface area contributed by atoms with Gasteiger partial charge in [-0.05, 0) is 38.5 Å². The highest BCUT2D eigenvalue weighted by Gasteiger charge is 2.17. The SMILES string of the molecule is Cc1ccc(Cc2nc(N(C)C)oc(=O)c2Nc2ccc(OC(C)C)c(F)c2)cc1. The molecule has 0 bridgehead atoms. The van der Waals surface area contributed by atoms with Gasteiger partial charge in [0.15, 0.2) is 11.6 Å². The number of rotatable bonds is 7. The molecule has 6 nitrogen and oxygen atoms in total. The first-order valence-corrected chi connectivity index (χ1v) is 9.73. The number of hydrogen-bond donors (Lipinski definition) is 1. The van der Waals surface area contributed by atoms with Gasteiger partial charge in [-0.1, -0.05) is 29.8 Å². The van der Waals surface area contributed by atoms with E-state index in [2.05, 4.69) is 10.3 Å². The predicted molar refractivity (Wildman–Crippen MR) is 117 cm³/mol. The van der Waals surface area contributed by atoms with Crippen molar-refractivity contribution in [2.24, 2.45) is 0 Å². The summed E-state index contributed by atoms with van der Waals surface area (Å²) in [7, 11) is 3.49. The second-order valence-corrected chi connectivity index (χ2v) is 7.60. The van der Waals surface area contributed by atoms with E-state index >= 15 is 0 Å².